The van der Waals surface area contributed by atoms with Crippen molar-refractivity contribution < 1.29 is 0 Å². The zero-order valence-electron chi connectivity index (χ0n) is 25.4. The lowest BCUT2D eigenvalue weighted by atomic mass is 9.92. The van der Waals surface area contributed by atoms with E-state index in [1.807, 2.05) is 4.90 Å². The molecule has 3 aromatic carbocycles. The number of amidine groups is 1. The Hall–Kier alpha value is -4.08. The Bertz CT molecular complexity index is 1270. The maximum absolute atomic E-state index is 8.71. The third-order valence-electron chi connectivity index (χ3n) is 7.02. The van der Waals surface area contributed by atoms with Crippen LogP contribution in [0.3, 0.4) is 0 Å². The Kier molecular flexibility index (Phi) is 14.0. The van der Waals surface area contributed by atoms with Gasteiger partial charge in [0.15, 0.2) is 17.9 Å². The van der Waals surface area contributed by atoms with Gasteiger partial charge in [0.1, 0.15) is 5.84 Å². The second kappa shape index (κ2) is 17.9. The first-order chi connectivity index (χ1) is 21.2. The molecule has 3 rings (SSSR count). The second-order valence-electron chi connectivity index (χ2n) is 10.7. The zero-order valence-corrected chi connectivity index (χ0v) is 26.9. The van der Waals surface area contributed by atoms with E-state index in [0.29, 0.717) is 41.1 Å². The Morgan fingerprint density at radius 2 is 1.18 bits per heavy atom. The van der Waals surface area contributed by atoms with E-state index in [9.17, 15) is 0 Å². The van der Waals surface area contributed by atoms with Gasteiger partial charge in [-0.05, 0) is 78.9 Å². The van der Waals surface area contributed by atoms with Gasteiger partial charge in [0.05, 0.1) is 0 Å². The first-order valence-corrected chi connectivity index (χ1v) is 15.7. The van der Waals surface area contributed by atoms with Gasteiger partial charge in [0, 0.05) is 40.4 Å². The molecule has 0 aliphatic heterocycles. The summed E-state index contributed by atoms with van der Waals surface area (Å²) in [5, 5.41) is 46.9. The Labute approximate surface area is 270 Å². The number of hydrogen-bond donors (Lipinski definition) is 8. The lowest BCUT2D eigenvalue weighted by molar-refractivity contribution is 0.391. The number of rotatable bonds is 13. The summed E-state index contributed by atoms with van der Waals surface area (Å²) in [6.45, 7) is 5.48. The summed E-state index contributed by atoms with van der Waals surface area (Å²) in [7, 11) is 0. The fourth-order valence-corrected chi connectivity index (χ4v) is 4.81. The molecule has 0 amide bonds. The molecular formula is C33H43Cl2N9. The topological polar surface area (TPSA) is 147 Å². The van der Waals surface area contributed by atoms with E-state index in [2.05, 4.69) is 59.4 Å². The molecule has 44 heavy (non-hydrogen) atoms. The zero-order chi connectivity index (χ0) is 31.9. The van der Waals surface area contributed by atoms with E-state index in [1.165, 1.54) is 0 Å². The number of guanidine groups is 3. The average molecular weight is 637 g/mol. The number of unbranched alkanes of at least 4 members (excludes halogenated alkanes) is 2. The van der Waals surface area contributed by atoms with Gasteiger partial charge in [0.2, 0.25) is 0 Å². The van der Waals surface area contributed by atoms with E-state index in [-0.39, 0.29) is 23.8 Å². The smallest absolute Gasteiger partial charge is 0.199 e. The van der Waals surface area contributed by atoms with Crippen LogP contribution in [0.4, 0.5) is 11.4 Å². The normalized spacial score (nSPS) is 11.3. The van der Waals surface area contributed by atoms with E-state index in [4.69, 9.17) is 44.8 Å². The predicted octanol–water partition coefficient (Wildman–Crippen LogP) is 8.13. The highest BCUT2D eigenvalue weighted by atomic mass is 35.5. The molecular weight excluding hydrogens is 593 g/mol. The van der Waals surface area contributed by atoms with Gasteiger partial charge >= 0.3 is 0 Å². The molecule has 0 spiro atoms. The molecule has 0 radical (unpaired) electrons. The molecule has 0 fully saturated rings. The number of anilines is 2. The van der Waals surface area contributed by atoms with Crippen LogP contribution < -0.4 is 21.3 Å². The lowest BCUT2D eigenvalue weighted by Crippen LogP contribution is -2.45. The van der Waals surface area contributed by atoms with Crippen molar-refractivity contribution in [3.8, 4) is 0 Å². The summed E-state index contributed by atoms with van der Waals surface area (Å²) in [5.74, 6) is 0.483. The molecule has 234 valence electrons. The van der Waals surface area contributed by atoms with Crippen LogP contribution in [-0.4, -0.2) is 35.2 Å². The van der Waals surface area contributed by atoms with Gasteiger partial charge < -0.3 is 20.9 Å². The molecule has 0 bridgehead atoms. The highest BCUT2D eigenvalue weighted by Crippen LogP contribution is 2.19. The van der Waals surface area contributed by atoms with Crippen LogP contribution in [0.15, 0.2) is 72.8 Å². The SMILES string of the molecule is CCCCC(Cc1ccc(CN(CCCC)C(=N)NC(=N)Nc2ccc(Cl)cc2)cc1)C(=N)NC(=N)Nc1ccc(Cl)cc1. The summed E-state index contributed by atoms with van der Waals surface area (Å²) in [6.07, 6.45) is 5.48. The molecule has 1 atom stereocenters. The molecule has 0 aliphatic carbocycles. The highest BCUT2D eigenvalue weighted by Gasteiger charge is 2.17. The molecule has 3 aromatic rings. The Morgan fingerprint density at radius 3 is 1.70 bits per heavy atom. The standard InChI is InChI=1S/C33H43Cl2N9/c1-3-5-7-25(30(36)42-31(37)40-28-16-12-26(34)13-17-28)21-23-8-10-24(11-9-23)22-44(20-6-4-2)33(39)43-32(38)41-29-18-14-27(35)15-19-29/h8-19,25H,3-7,20-22H2,1-2H3,(H4,36,37,40,42)(H4,38,39,41,43). The summed E-state index contributed by atoms with van der Waals surface area (Å²) >= 11 is 11.9. The van der Waals surface area contributed by atoms with Crippen LogP contribution in [-0.2, 0) is 13.0 Å². The summed E-state index contributed by atoms with van der Waals surface area (Å²) in [6, 6.07) is 22.4. The van der Waals surface area contributed by atoms with Crippen molar-refractivity contribution in [1.82, 2.24) is 15.5 Å². The molecule has 8 N–H and O–H groups in total. The monoisotopic (exact) mass is 635 g/mol. The van der Waals surface area contributed by atoms with Crippen molar-refractivity contribution in [3.63, 3.8) is 0 Å². The Morgan fingerprint density at radius 1 is 0.682 bits per heavy atom. The van der Waals surface area contributed by atoms with Crippen molar-refractivity contribution in [2.24, 2.45) is 5.92 Å². The number of halogens is 2. The van der Waals surface area contributed by atoms with Crippen molar-refractivity contribution in [2.45, 2.75) is 58.9 Å². The minimum Gasteiger partial charge on any atom is -0.339 e. The van der Waals surface area contributed by atoms with Gasteiger partial charge in [-0.3, -0.25) is 27.0 Å². The van der Waals surface area contributed by atoms with Crippen LogP contribution in [0, 0.1) is 27.6 Å². The second-order valence-corrected chi connectivity index (χ2v) is 11.5. The van der Waals surface area contributed by atoms with Gasteiger partial charge in [-0.25, -0.2) is 0 Å². The summed E-state index contributed by atoms with van der Waals surface area (Å²) in [5.41, 5.74) is 3.61. The van der Waals surface area contributed by atoms with Crippen LogP contribution in [0.25, 0.3) is 0 Å². The van der Waals surface area contributed by atoms with Crippen molar-refractivity contribution >= 4 is 58.3 Å². The minimum absolute atomic E-state index is 0.0137. The minimum atomic E-state index is -0.0502. The van der Waals surface area contributed by atoms with E-state index in [1.54, 1.807) is 48.5 Å². The summed E-state index contributed by atoms with van der Waals surface area (Å²) < 4.78 is 0. The third-order valence-corrected chi connectivity index (χ3v) is 7.52. The van der Waals surface area contributed by atoms with Crippen molar-refractivity contribution in [2.75, 3.05) is 17.2 Å². The molecule has 0 aromatic heterocycles. The highest BCUT2D eigenvalue weighted by molar-refractivity contribution is 6.31. The molecule has 11 heteroatoms. The average Bonchev–Trinajstić information content (AvgIpc) is 3.00. The lowest BCUT2D eigenvalue weighted by Gasteiger charge is -2.26. The Balaban J connectivity index is 1.59. The van der Waals surface area contributed by atoms with E-state index >= 15 is 0 Å². The largest absolute Gasteiger partial charge is 0.339 e. The maximum atomic E-state index is 8.71. The van der Waals surface area contributed by atoms with Crippen LogP contribution in [0.2, 0.25) is 10.0 Å². The first kappa shape index (κ1) is 34.4. The van der Waals surface area contributed by atoms with Crippen LogP contribution in [0.1, 0.15) is 57.1 Å². The fourth-order valence-electron chi connectivity index (χ4n) is 4.56. The van der Waals surface area contributed by atoms with Crippen LogP contribution >= 0.6 is 23.2 Å². The maximum Gasteiger partial charge on any atom is 0.199 e. The van der Waals surface area contributed by atoms with Gasteiger partial charge in [-0.1, -0.05) is 80.6 Å². The molecule has 0 aliphatic rings. The number of nitrogens with one attached hydrogen (secondary N) is 8. The quantitative estimate of drug-likeness (QED) is 0.0705. The molecule has 0 saturated carbocycles. The van der Waals surface area contributed by atoms with Gasteiger partial charge in [-0.2, -0.15) is 0 Å². The van der Waals surface area contributed by atoms with Crippen molar-refractivity contribution in [1.29, 1.82) is 21.6 Å². The number of hydrogen-bond acceptors (Lipinski definition) is 4. The first-order valence-electron chi connectivity index (χ1n) is 14.9. The van der Waals surface area contributed by atoms with Crippen LogP contribution in [0.5, 0.6) is 0 Å². The third kappa shape index (κ3) is 11.9. The molecule has 1 unspecified atom stereocenters. The van der Waals surface area contributed by atoms with Gasteiger partial charge in [-0.15, -0.1) is 0 Å². The van der Waals surface area contributed by atoms with Gasteiger partial charge in [0.25, 0.3) is 0 Å². The van der Waals surface area contributed by atoms with E-state index < -0.39 is 0 Å². The molecule has 0 heterocycles. The number of nitrogens with zero attached hydrogens (tertiary/aromatic N) is 1. The predicted molar refractivity (Wildman–Crippen MR) is 186 cm³/mol. The molecule has 9 nitrogen and oxygen atoms in total. The van der Waals surface area contributed by atoms with Crippen molar-refractivity contribution in [3.05, 3.63) is 94.0 Å². The molecule has 0 saturated heterocycles. The fraction of sp³-hybridized carbons (Fsp3) is 0.333. The number of benzene rings is 3. The van der Waals surface area contributed by atoms with E-state index in [0.717, 1.165) is 48.9 Å². The summed E-state index contributed by atoms with van der Waals surface area (Å²) in [4.78, 5) is 1.93.